The number of nitrogens with two attached hydrogens (primary N) is 1. The third-order valence-corrected chi connectivity index (χ3v) is 4.95. The molecule has 0 aromatic carbocycles. The predicted molar refractivity (Wildman–Crippen MR) is 116 cm³/mol. The number of rotatable bonds is 12. The summed E-state index contributed by atoms with van der Waals surface area (Å²) in [5, 5.41) is 16.7. The molecule has 0 aliphatic rings. The summed E-state index contributed by atoms with van der Waals surface area (Å²) in [6, 6.07) is -4.21. The summed E-state index contributed by atoms with van der Waals surface area (Å²) in [6.45, 7) is 3.30. The Morgan fingerprint density at radius 3 is 2.13 bits per heavy atom. The van der Waals surface area contributed by atoms with Crippen molar-refractivity contribution in [3.8, 4) is 0 Å². The molecule has 0 aliphatic heterocycles. The number of H-pyrrole nitrogens is 1. The molecule has 0 radical (unpaired) electrons. The van der Waals surface area contributed by atoms with Gasteiger partial charge in [0.1, 0.15) is 18.1 Å². The highest BCUT2D eigenvalue weighted by atomic mass is 32.1. The Balaban J connectivity index is 2.96. The van der Waals surface area contributed by atoms with Gasteiger partial charge in [-0.2, -0.15) is 25.3 Å². The lowest BCUT2D eigenvalue weighted by Gasteiger charge is -2.25. The summed E-state index contributed by atoms with van der Waals surface area (Å²) in [5.41, 5.74) is 6.15. The minimum atomic E-state index is -1.19. The second kappa shape index (κ2) is 12.4. The molecule has 13 heteroatoms. The van der Waals surface area contributed by atoms with E-state index in [1.165, 1.54) is 12.5 Å². The van der Waals surface area contributed by atoms with Gasteiger partial charge in [-0.3, -0.25) is 14.4 Å². The molecule has 0 fully saturated rings. The quantitative estimate of drug-likeness (QED) is 0.172. The van der Waals surface area contributed by atoms with Crippen LogP contribution in [0.15, 0.2) is 12.5 Å². The van der Waals surface area contributed by atoms with Crippen LogP contribution in [-0.2, 0) is 25.6 Å². The van der Waals surface area contributed by atoms with Crippen molar-refractivity contribution in [3.05, 3.63) is 18.2 Å². The minimum absolute atomic E-state index is 0.0331. The Morgan fingerprint density at radius 1 is 1.07 bits per heavy atom. The molecule has 1 aromatic heterocycles. The molecule has 1 aromatic rings. The number of aliphatic carboxylic acids is 1. The zero-order valence-corrected chi connectivity index (χ0v) is 18.5. The highest BCUT2D eigenvalue weighted by Gasteiger charge is 2.31. The van der Waals surface area contributed by atoms with E-state index in [4.69, 9.17) is 5.73 Å². The van der Waals surface area contributed by atoms with Crippen LogP contribution in [0.1, 0.15) is 19.5 Å². The van der Waals surface area contributed by atoms with Gasteiger partial charge < -0.3 is 31.8 Å². The summed E-state index contributed by atoms with van der Waals surface area (Å²) in [5.74, 6) is -3.45. The number of aromatic amines is 1. The van der Waals surface area contributed by atoms with Gasteiger partial charge in [0, 0.05) is 29.8 Å². The van der Waals surface area contributed by atoms with Crippen molar-refractivity contribution in [3.63, 3.8) is 0 Å². The van der Waals surface area contributed by atoms with E-state index in [0.29, 0.717) is 5.69 Å². The molecule has 0 saturated carbocycles. The number of amides is 3. The van der Waals surface area contributed by atoms with E-state index >= 15 is 0 Å². The monoisotopic (exact) mass is 460 g/mol. The lowest BCUT2D eigenvalue weighted by atomic mass is 10.0. The van der Waals surface area contributed by atoms with Gasteiger partial charge in [0.2, 0.25) is 17.7 Å². The molecule has 30 heavy (non-hydrogen) atoms. The van der Waals surface area contributed by atoms with Crippen molar-refractivity contribution in [2.75, 3.05) is 11.5 Å². The first-order valence-electron chi connectivity index (χ1n) is 9.19. The molecule has 4 unspecified atom stereocenters. The van der Waals surface area contributed by atoms with Crippen LogP contribution >= 0.6 is 25.3 Å². The van der Waals surface area contributed by atoms with E-state index in [-0.39, 0.29) is 23.8 Å². The Bertz CT molecular complexity index is 730. The fraction of sp³-hybridized carbons (Fsp3) is 0.588. The zero-order chi connectivity index (χ0) is 22.8. The van der Waals surface area contributed by atoms with Crippen molar-refractivity contribution in [1.82, 2.24) is 25.9 Å². The number of carboxylic acids is 1. The number of imidazole rings is 1. The van der Waals surface area contributed by atoms with Crippen molar-refractivity contribution in [2.24, 2.45) is 11.7 Å². The van der Waals surface area contributed by atoms with E-state index in [0.717, 1.165) is 0 Å². The lowest BCUT2D eigenvalue weighted by Crippen LogP contribution is -2.58. The van der Waals surface area contributed by atoms with Crippen LogP contribution < -0.4 is 21.7 Å². The van der Waals surface area contributed by atoms with Crippen LogP contribution in [-0.4, -0.2) is 74.4 Å². The summed E-state index contributed by atoms with van der Waals surface area (Å²) >= 11 is 8.01. The third kappa shape index (κ3) is 7.88. The van der Waals surface area contributed by atoms with Gasteiger partial charge in [-0.15, -0.1) is 0 Å². The molecule has 0 bridgehead atoms. The van der Waals surface area contributed by atoms with E-state index in [2.05, 4.69) is 51.2 Å². The standard InChI is InChI=1S/C17H28N6O5S2/c1-8(2)13(17(27)28)23-15(25)11(3-9-4-19-7-20-9)21-16(26)12(6-30)22-14(24)10(18)5-29/h4,7-8,10-13,29-30H,3,5-6,18H2,1-2H3,(H,19,20)(H,21,26)(H,22,24)(H,23,25)(H,27,28). The number of hydrogen-bond donors (Lipinski definition) is 8. The van der Waals surface area contributed by atoms with Crippen molar-refractivity contribution < 1.29 is 24.3 Å². The number of nitrogens with one attached hydrogen (secondary N) is 4. The summed E-state index contributed by atoms with van der Waals surface area (Å²) in [4.78, 5) is 55.5. The summed E-state index contributed by atoms with van der Waals surface area (Å²) in [7, 11) is 0. The number of carbonyl (C=O) groups is 4. The number of aromatic nitrogens is 2. The van der Waals surface area contributed by atoms with E-state index < -0.39 is 47.9 Å². The SMILES string of the molecule is CC(C)C(NC(=O)C(Cc1cnc[nH]1)NC(=O)C(CS)NC(=O)C(N)CS)C(=O)O. The number of nitrogens with zero attached hydrogens (tertiary/aromatic N) is 1. The molecule has 3 amide bonds. The number of thiol groups is 2. The van der Waals surface area contributed by atoms with Crippen LogP contribution in [0.4, 0.5) is 0 Å². The fourth-order valence-electron chi connectivity index (χ4n) is 2.42. The molecule has 4 atom stereocenters. The fourth-order valence-corrected chi connectivity index (χ4v) is 2.84. The molecule has 11 nitrogen and oxygen atoms in total. The van der Waals surface area contributed by atoms with E-state index in [1.807, 2.05) is 0 Å². The largest absolute Gasteiger partial charge is 0.480 e. The van der Waals surface area contributed by atoms with Crippen LogP contribution in [0.5, 0.6) is 0 Å². The summed E-state index contributed by atoms with van der Waals surface area (Å²) in [6.07, 6.45) is 2.93. The maximum absolute atomic E-state index is 12.8. The Kier molecular flexibility index (Phi) is 10.7. The zero-order valence-electron chi connectivity index (χ0n) is 16.7. The Labute approximate surface area is 185 Å². The van der Waals surface area contributed by atoms with Gasteiger partial charge in [-0.25, -0.2) is 9.78 Å². The van der Waals surface area contributed by atoms with Gasteiger partial charge >= 0.3 is 5.97 Å². The van der Waals surface area contributed by atoms with Crippen molar-refractivity contribution in [1.29, 1.82) is 0 Å². The second-order valence-corrected chi connectivity index (χ2v) is 7.67. The molecule has 168 valence electrons. The van der Waals surface area contributed by atoms with Gasteiger partial charge in [-0.1, -0.05) is 13.8 Å². The molecular formula is C17H28N6O5S2. The summed E-state index contributed by atoms with van der Waals surface area (Å²) < 4.78 is 0. The average Bonchev–Trinajstić information content (AvgIpc) is 3.20. The van der Waals surface area contributed by atoms with Crippen LogP contribution in [0, 0.1) is 5.92 Å². The lowest BCUT2D eigenvalue weighted by molar-refractivity contribution is -0.143. The van der Waals surface area contributed by atoms with E-state index in [9.17, 15) is 24.3 Å². The number of carboxylic acid groups (broad SMARTS) is 1. The third-order valence-electron chi connectivity index (χ3n) is 4.19. The van der Waals surface area contributed by atoms with Crippen molar-refractivity contribution in [2.45, 2.75) is 44.4 Å². The van der Waals surface area contributed by atoms with Crippen LogP contribution in [0.25, 0.3) is 0 Å². The normalized spacial score (nSPS) is 15.0. The van der Waals surface area contributed by atoms with Gasteiger partial charge in [0.05, 0.1) is 12.4 Å². The maximum Gasteiger partial charge on any atom is 0.326 e. The predicted octanol–water partition coefficient (Wildman–Crippen LogP) is -1.67. The van der Waals surface area contributed by atoms with E-state index in [1.54, 1.807) is 13.8 Å². The Hall–Kier alpha value is -2.25. The maximum atomic E-state index is 12.8. The van der Waals surface area contributed by atoms with Crippen LogP contribution in [0.3, 0.4) is 0 Å². The first-order valence-corrected chi connectivity index (χ1v) is 10.5. The van der Waals surface area contributed by atoms with Gasteiger partial charge in [0.25, 0.3) is 0 Å². The molecular weight excluding hydrogens is 432 g/mol. The average molecular weight is 461 g/mol. The highest BCUT2D eigenvalue weighted by Crippen LogP contribution is 2.05. The molecule has 0 spiro atoms. The van der Waals surface area contributed by atoms with Crippen LogP contribution in [0.2, 0.25) is 0 Å². The minimum Gasteiger partial charge on any atom is -0.480 e. The second-order valence-electron chi connectivity index (χ2n) is 6.94. The molecule has 1 heterocycles. The smallest absolute Gasteiger partial charge is 0.326 e. The molecule has 7 N–H and O–H groups in total. The number of hydrogen-bond acceptors (Lipinski definition) is 8. The first-order chi connectivity index (χ1) is 14.1. The molecule has 0 aliphatic carbocycles. The number of carbonyl (C=O) groups excluding carboxylic acids is 3. The topological polar surface area (TPSA) is 179 Å². The van der Waals surface area contributed by atoms with Crippen molar-refractivity contribution >= 4 is 48.9 Å². The highest BCUT2D eigenvalue weighted by molar-refractivity contribution is 7.80. The Morgan fingerprint density at radius 2 is 1.67 bits per heavy atom. The van der Waals surface area contributed by atoms with Gasteiger partial charge in [0.15, 0.2) is 0 Å². The molecule has 0 saturated heterocycles. The molecule has 1 rings (SSSR count). The first kappa shape index (κ1) is 25.8. The van der Waals surface area contributed by atoms with Gasteiger partial charge in [-0.05, 0) is 5.92 Å².